The van der Waals surface area contributed by atoms with Crippen molar-refractivity contribution in [2.24, 2.45) is 0 Å². The highest BCUT2D eigenvalue weighted by molar-refractivity contribution is 7.89. The molecular weight excluding hydrogens is 484 g/mol. The lowest BCUT2D eigenvalue weighted by atomic mass is 9.96. The van der Waals surface area contributed by atoms with Crippen LogP contribution in [0.1, 0.15) is 41.5 Å². The molecule has 7 heteroatoms. The van der Waals surface area contributed by atoms with Crippen molar-refractivity contribution in [1.29, 1.82) is 0 Å². The fourth-order valence-corrected chi connectivity index (χ4v) is 5.52. The van der Waals surface area contributed by atoms with Gasteiger partial charge in [-0.05, 0) is 48.9 Å². The Morgan fingerprint density at radius 3 is 2.41 bits per heavy atom. The van der Waals surface area contributed by atoms with Crippen molar-refractivity contribution in [3.05, 3.63) is 126 Å². The third kappa shape index (κ3) is 5.58. The fourth-order valence-electron chi connectivity index (χ4n) is 4.24. The van der Waals surface area contributed by atoms with Crippen molar-refractivity contribution in [2.45, 2.75) is 37.3 Å². The van der Waals surface area contributed by atoms with Crippen molar-refractivity contribution in [3.63, 3.8) is 0 Å². The molecule has 1 N–H and O–H groups in total. The first kappa shape index (κ1) is 24.7. The molecule has 3 aromatic carbocycles. The van der Waals surface area contributed by atoms with Crippen LogP contribution in [0, 0.1) is 6.92 Å². The first-order chi connectivity index (χ1) is 17.9. The van der Waals surface area contributed by atoms with Crippen LogP contribution in [-0.2, 0) is 16.6 Å². The number of nitrogens with one attached hydrogen (secondary N) is 1. The Bertz CT molecular complexity index is 1580. The van der Waals surface area contributed by atoms with Gasteiger partial charge in [-0.3, -0.25) is 0 Å². The Kier molecular flexibility index (Phi) is 7.08. The van der Waals surface area contributed by atoms with Crippen LogP contribution in [0.4, 0.5) is 0 Å². The normalized spacial score (nSPS) is 13.4. The second-order valence-corrected chi connectivity index (χ2v) is 10.8. The molecule has 0 bridgehead atoms. The zero-order valence-corrected chi connectivity index (χ0v) is 21.5. The molecule has 0 saturated carbocycles. The monoisotopic (exact) mass is 512 g/mol. The number of furan rings is 1. The van der Waals surface area contributed by atoms with Gasteiger partial charge < -0.3 is 9.15 Å². The first-order valence-electron chi connectivity index (χ1n) is 12.1. The number of benzene rings is 3. The van der Waals surface area contributed by atoms with E-state index in [0.29, 0.717) is 18.1 Å². The number of aromatic nitrogens is 1. The molecule has 0 saturated heterocycles. The van der Waals surface area contributed by atoms with Crippen LogP contribution < -0.4 is 9.46 Å². The van der Waals surface area contributed by atoms with Crippen LogP contribution in [-0.4, -0.2) is 13.4 Å². The lowest BCUT2D eigenvalue weighted by Gasteiger charge is -2.23. The van der Waals surface area contributed by atoms with Gasteiger partial charge in [0, 0.05) is 17.0 Å². The molecule has 0 radical (unpaired) electrons. The van der Waals surface area contributed by atoms with Crippen LogP contribution >= 0.6 is 0 Å². The van der Waals surface area contributed by atoms with Gasteiger partial charge in [-0.15, -0.1) is 0 Å². The van der Waals surface area contributed by atoms with E-state index in [1.54, 1.807) is 42.7 Å². The molecule has 0 spiro atoms. The quantitative estimate of drug-likeness (QED) is 0.243. The second-order valence-electron chi connectivity index (χ2n) is 9.05. The summed E-state index contributed by atoms with van der Waals surface area (Å²) in [6.45, 7) is 4.28. The van der Waals surface area contributed by atoms with E-state index in [1.807, 2.05) is 74.5 Å². The predicted octanol–water partition coefficient (Wildman–Crippen LogP) is 6.54. The summed E-state index contributed by atoms with van der Waals surface area (Å²) >= 11 is 0. The Morgan fingerprint density at radius 2 is 1.68 bits per heavy atom. The Labute approximate surface area is 217 Å². The van der Waals surface area contributed by atoms with Gasteiger partial charge in [0.05, 0.1) is 17.2 Å². The minimum Gasteiger partial charge on any atom is -0.487 e. The Hall–Kier alpha value is -3.94. The molecule has 188 valence electrons. The molecule has 0 aliphatic heterocycles. The van der Waals surface area contributed by atoms with E-state index in [2.05, 4.69) is 4.72 Å². The topological polar surface area (TPSA) is 81.4 Å². The molecule has 5 aromatic rings. The van der Waals surface area contributed by atoms with E-state index in [0.717, 1.165) is 27.7 Å². The van der Waals surface area contributed by atoms with Crippen LogP contribution in [0.3, 0.4) is 0 Å². The molecule has 0 aliphatic rings. The number of para-hydroxylation sites is 1. The van der Waals surface area contributed by atoms with E-state index in [9.17, 15) is 8.42 Å². The highest BCUT2D eigenvalue weighted by Crippen LogP contribution is 2.34. The van der Waals surface area contributed by atoms with E-state index >= 15 is 0 Å². The summed E-state index contributed by atoms with van der Waals surface area (Å²) in [5.74, 6) is 0.849. The summed E-state index contributed by atoms with van der Waals surface area (Å²) in [6, 6.07) is 29.3. The maximum Gasteiger partial charge on any atom is 0.241 e. The van der Waals surface area contributed by atoms with Gasteiger partial charge in [-0.1, -0.05) is 73.2 Å². The standard InChI is InChI=1S/C30H28N2O4S/c1-21-13-16-25(17-14-21)37(33,34)32-29(27-12-7-19-35-27)22(2)26-18-15-24-10-6-11-28(30(24)31-26)36-20-23-8-4-3-5-9-23/h3-19,22,29,32H,20H2,1-2H3/t22-,29+/m0/s1. The Morgan fingerprint density at radius 1 is 0.892 bits per heavy atom. The van der Waals surface area contributed by atoms with Gasteiger partial charge in [0.15, 0.2) is 0 Å². The lowest BCUT2D eigenvalue weighted by molar-refractivity contribution is 0.309. The number of nitrogens with zero attached hydrogens (tertiary/aromatic N) is 1. The number of fused-ring (bicyclic) bond motifs is 1. The van der Waals surface area contributed by atoms with Crippen molar-refractivity contribution in [2.75, 3.05) is 0 Å². The molecule has 2 aromatic heterocycles. The fraction of sp³-hybridized carbons (Fsp3) is 0.167. The Balaban J connectivity index is 1.47. The van der Waals surface area contributed by atoms with Crippen LogP contribution in [0.5, 0.6) is 5.75 Å². The van der Waals surface area contributed by atoms with Crippen molar-refractivity contribution >= 4 is 20.9 Å². The molecule has 0 aliphatic carbocycles. The summed E-state index contributed by atoms with van der Waals surface area (Å²) in [6.07, 6.45) is 1.54. The van der Waals surface area contributed by atoms with Crippen molar-refractivity contribution < 1.29 is 17.6 Å². The van der Waals surface area contributed by atoms with Gasteiger partial charge in [-0.25, -0.2) is 13.4 Å². The highest BCUT2D eigenvalue weighted by Gasteiger charge is 2.30. The molecule has 37 heavy (non-hydrogen) atoms. The molecule has 0 fully saturated rings. The number of ether oxygens (including phenoxy) is 1. The number of sulfonamides is 1. The molecule has 0 amide bonds. The minimum atomic E-state index is -3.81. The maximum atomic E-state index is 13.3. The van der Waals surface area contributed by atoms with Crippen LogP contribution in [0.15, 0.2) is 113 Å². The molecule has 2 heterocycles. The van der Waals surface area contributed by atoms with Crippen molar-refractivity contribution in [3.8, 4) is 5.75 Å². The third-order valence-corrected chi connectivity index (χ3v) is 7.83. The number of rotatable bonds is 9. The number of hydrogen-bond donors (Lipinski definition) is 1. The summed E-state index contributed by atoms with van der Waals surface area (Å²) in [4.78, 5) is 5.13. The van der Waals surface area contributed by atoms with Gasteiger partial charge in [0.2, 0.25) is 10.0 Å². The van der Waals surface area contributed by atoms with E-state index in [1.165, 1.54) is 0 Å². The second kappa shape index (κ2) is 10.6. The largest absolute Gasteiger partial charge is 0.487 e. The van der Waals surface area contributed by atoms with Crippen LogP contribution in [0.2, 0.25) is 0 Å². The molecule has 2 atom stereocenters. The average Bonchev–Trinajstić information content (AvgIpc) is 3.45. The molecule has 6 nitrogen and oxygen atoms in total. The molecule has 0 unspecified atom stereocenters. The maximum absolute atomic E-state index is 13.3. The SMILES string of the molecule is Cc1ccc(S(=O)(=O)N[C@@H](c2ccco2)[C@@H](C)c2ccc3cccc(OCc4ccccc4)c3n2)cc1. The number of pyridine rings is 1. The predicted molar refractivity (Wildman–Crippen MR) is 144 cm³/mol. The highest BCUT2D eigenvalue weighted by atomic mass is 32.2. The van der Waals surface area contributed by atoms with Gasteiger partial charge >= 0.3 is 0 Å². The summed E-state index contributed by atoms with van der Waals surface area (Å²) in [5, 5.41) is 0.941. The summed E-state index contributed by atoms with van der Waals surface area (Å²) in [7, 11) is -3.81. The zero-order valence-electron chi connectivity index (χ0n) is 20.7. The average molecular weight is 513 g/mol. The number of hydrogen-bond acceptors (Lipinski definition) is 5. The molecule has 5 rings (SSSR count). The first-order valence-corrected chi connectivity index (χ1v) is 13.6. The smallest absolute Gasteiger partial charge is 0.241 e. The van der Waals surface area contributed by atoms with E-state index < -0.39 is 16.1 Å². The van der Waals surface area contributed by atoms with E-state index in [-0.39, 0.29) is 10.8 Å². The summed E-state index contributed by atoms with van der Waals surface area (Å²) in [5.41, 5.74) is 3.49. The van der Waals surface area contributed by atoms with Gasteiger partial charge in [0.1, 0.15) is 23.6 Å². The van der Waals surface area contributed by atoms with Gasteiger partial charge in [0.25, 0.3) is 0 Å². The van der Waals surface area contributed by atoms with Crippen molar-refractivity contribution in [1.82, 2.24) is 9.71 Å². The van der Waals surface area contributed by atoms with E-state index in [4.69, 9.17) is 14.1 Å². The zero-order chi connectivity index (χ0) is 25.8. The molecular formula is C30H28N2O4S. The van der Waals surface area contributed by atoms with Gasteiger partial charge in [-0.2, -0.15) is 4.72 Å². The third-order valence-electron chi connectivity index (χ3n) is 6.37. The van der Waals surface area contributed by atoms with Crippen LogP contribution in [0.25, 0.3) is 10.9 Å². The lowest BCUT2D eigenvalue weighted by Crippen LogP contribution is -2.32. The number of aryl methyl sites for hydroxylation is 1. The minimum absolute atomic E-state index is 0.199. The summed E-state index contributed by atoms with van der Waals surface area (Å²) < 4.78 is 41.2.